The van der Waals surface area contributed by atoms with Gasteiger partial charge in [0, 0.05) is 17.0 Å². The Bertz CT molecular complexity index is 631. The molecule has 3 nitrogen and oxygen atoms in total. The molecule has 1 aromatic heterocycles. The molecule has 2 rings (SSSR count). The second-order valence-electron chi connectivity index (χ2n) is 5.09. The average molecular weight is 288 g/mol. The molecule has 1 amide bonds. The number of nitrogens with one attached hydrogen (secondary N) is 1. The first kappa shape index (κ1) is 14.7. The fourth-order valence-electron chi connectivity index (χ4n) is 2.08. The van der Waals surface area contributed by atoms with E-state index in [9.17, 15) is 4.79 Å². The molecule has 0 unspecified atom stereocenters. The van der Waals surface area contributed by atoms with Crippen LogP contribution in [0, 0.1) is 27.7 Å². The highest BCUT2D eigenvalue weighted by Crippen LogP contribution is 2.19. The van der Waals surface area contributed by atoms with Crippen molar-refractivity contribution in [1.82, 2.24) is 4.98 Å². The van der Waals surface area contributed by atoms with Crippen LogP contribution < -0.4 is 5.32 Å². The van der Waals surface area contributed by atoms with Gasteiger partial charge in [-0.3, -0.25) is 4.79 Å². The van der Waals surface area contributed by atoms with E-state index < -0.39 is 0 Å². The molecular formula is C16H20N2OS. The van der Waals surface area contributed by atoms with Crippen LogP contribution in [0.15, 0.2) is 18.2 Å². The molecule has 0 aliphatic heterocycles. The van der Waals surface area contributed by atoms with Gasteiger partial charge in [0.15, 0.2) is 0 Å². The Morgan fingerprint density at radius 1 is 1.20 bits per heavy atom. The zero-order chi connectivity index (χ0) is 14.7. The molecule has 0 atom stereocenters. The smallest absolute Gasteiger partial charge is 0.224 e. The molecule has 20 heavy (non-hydrogen) atoms. The molecule has 0 spiro atoms. The van der Waals surface area contributed by atoms with Crippen LogP contribution in [0.3, 0.4) is 0 Å². The van der Waals surface area contributed by atoms with Crippen molar-refractivity contribution < 1.29 is 4.79 Å². The summed E-state index contributed by atoms with van der Waals surface area (Å²) in [6, 6.07) is 5.99. The van der Waals surface area contributed by atoms with Crippen molar-refractivity contribution in [3.05, 3.63) is 44.9 Å². The number of nitrogens with zero attached hydrogens (tertiary/aromatic N) is 1. The van der Waals surface area contributed by atoms with E-state index in [0.29, 0.717) is 6.42 Å². The lowest BCUT2D eigenvalue weighted by atomic mass is 10.1. The summed E-state index contributed by atoms with van der Waals surface area (Å²) in [6.07, 6.45) is 1.25. The van der Waals surface area contributed by atoms with Crippen molar-refractivity contribution in [1.29, 1.82) is 0 Å². The van der Waals surface area contributed by atoms with Gasteiger partial charge >= 0.3 is 0 Å². The van der Waals surface area contributed by atoms with Crippen molar-refractivity contribution in [2.75, 3.05) is 5.32 Å². The fraction of sp³-hybridized carbons (Fsp3) is 0.375. The molecule has 106 valence electrons. The number of benzene rings is 1. The van der Waals surface area contributed by atoms with E-state index in [1.54, 1.807) is 11.3 Å². The molecule has 0 aliphatic rings. The molecule has 0 saturated carbocycles. The van der Waals surface area contributed by atoms with Gasteiger partial charge in [-0.2, -0.15) is 0 Å². The first-order valence-corrected chi connectivity index (χ1v) is 7.57. The van der Waals surface area contributed by atoms with Gasteiger partial charge in [0.05, 0.1) is 10.7 Å². The van der Waals surface area contributed by atoms with E-state index >= 15 is 0 Å². The van der Waals surface area contributed by atoms with Crippen LogP contribution in [-0.4, -0.2) is 10.9 Å². The van der Waals surface area contributed by atoms with Gasteiger partial charge in [0.2, 0.25) is 5.91 Å². The van der Waals surface area contributed by atoms with E-state index in [2.05, 4.69) is 24.1 Å². The maximum absolute atomic E-state index is 12.0. The standard InChI is InChI=1S/C16H20N2OS/c1-10-5-6-14(9-11(10)2)18-16(19)8-7-15-12(3)17-13(4)20-15/h5-6,9H,7-8H2,1-4H3,(H,18,19). The van der Waals surface area contributed by atoms with Crippen LogP contribution >= 0.6 is 11.3 Å². The lowest BCUT2D eigenvalue weighted by Gasteiger charge is -2.07. The highest BCUT2D eigenvalue weighted by Gasteiger charge is 2.08. The highest BCUT2D eigenvalue weighted by molar-refractivity contribution is 7.11. The SMILES string of the molecule is Cc1nc(C)c(CCC(=O)Nc2ccc(C)c(C)c2)s1. The zero-order valence-corrected chi connectivity index (χ0v) is 13.2. The first-order chi connectivity index (χ1) is 9.45. The van der Waals surface area contributed by atoms with Crippen LogP contribution in [0.2, 0.25) is 0 Å². The minimum Gasteiger partial charge on any atom is -0.326 e. The molecular weight excluding hydrogens is 268 g/mol. The molecule has 1 aromatic carbocycles. The summed E-state index contributed by atoms with van der Waals surface area (Å²) in [5.74, 6) is 0.0544. The monoisotopic (exact) mass is 288 g/mol. The topological polar surface area (TPSA) is 42.0 Å². The Morgan fingerprint density at radius 2 is 1.95 bits per heavy atom. The van der Waals surface area contributed by atoms with Crippen LogP contribution in [0.4, 0.5) is 5.69 Å². The molecule has 1 heterocycles. The van der Waals surface area contributed by atoms with Gasteiger partial charge in [-0.15, -0.1) is 11.3 Å². The second-order valence-corrected chi connectivity index (χ2v) is 6.38. The number of rotatable bonds is 4. The molecule has 0 bridgehead atoms. The van der Waals surface area contributed by atoms with E-state index in [0.717, 1.165) is 22.8 Å². The molecule has 1 N–H and O–H groups in total. The average Bonchev–Trinajstić information content (AvgIpc) is 2.70. The Kier molecular flexibility index (Phi) is 4.55. The van der Waals surface area contributed by atoms with Gasteiger partial charge in [-0.25, -0.2) is 4.98 Å². The number of aryl methyl sites for hydroxylation is 5. The van der Waals surface area contributed by atoms with Crippen molar-refractivity contribution in [3.63, 3.8) is 0 Å². The van der Waals surface area contributed by atoms with Crippen LogP contribution in [0.25, 0.3) is 0 Å². The largest absolute Gasteiger partial charge is 0.326 e. The normalized spacial score (nSPS) is 10.6. The summed E-state index contributed by atoms with van der Waals surface area (Å²) in [5, 5.41) is 4.01. The number of amides is 1. The Labute approximate surface area is 124 Å². The summed E-state index contributed by atoms with van der Waals surface area (Å²) in [6.45, 7) is 8.11. The second kappa shape index (κ2) is 6.18. The molecule has 0 saturated heterocycles. The van der Waals surface area contributed by atoms with Crippen molar-refractivity contribution in [2.45, 2.75) is 40.5 Å². The number of thiazole rings is 1. The van der Waals surface area contributed by atoms with E-state index in [1.165, 1.54) is 16.0 Å². The van der Waals surface area contributed by atoms with Crippen molar-refractivity contribution in [2.24, 2.45) is 0 Å². The summed E-state index contributed by atoms with van der Waals surface area (Å²) in [5.41, 5.74) is 4.34. The molecule has 4 heteroatoms. The van der Waals surface area contributed by atoms with Gasteiger partial charge in [-0.05, 0) is 57.4 Å². The number of carbonyl (C=O) groups excluding carboxylic acids is 1. The molecule has 0 radical (unpaired) electrons. The quantitative estimate of drug-likeness (QED) is 0.925. The Hall–Kier alpha value is -1.68. The molecule has 0 fully saturated rings. The Balaban J connectivity index is 1.92. The zero-order valence-electron chi connectivity index (χ0n) is 12.4. The Morgan fingerprint density at radius 3 is 2.55 bits per heavy atom. The van der Waals surface area contributed by atoms with Crippen LogP contribution in [0.1, 0.15) is 33.1 Å². The number of hydrogen-bond acceptors (Lipinski definition) is 3. The molecule has 2 aromatic rings. The minimum atomic E-state index is 0.0544. The van der Waals surface area contributed by atoms with Gasteiger partial charge in [0.1, 0.15) is 0 Å². The van der Waals surface area contributed by atoms with Crippen LogP contribution in [0.5, 0.6) is 0 Å². The van der Waals surface area contributed by atoms with E-state index in [1.807, 2.05) is 32.0 Å². The lowest BCUT2D eigenvalue weighted by molar-refractivity contribution is -0.116. The number of carbonyl (C=O) groups is 1. The van der Waals surface area contributed by atoms with E-state index in [4.69, 9.17) is 0 Å². The highest BCUT2D eigenvalue weighted by atomic mass is 32.1. The summed E-state index contributed by atoms with van der Waals surface area (Å²) < 4.78 is 0. The maximum atomic E-state index is 12.0. The number of aromatic nitrogens is 1. The van der Waals surface area contributed by atoms with Crippen LogP contribution in [-0.2, 0) is 11.2 Å². The van der Waals surface area contributed by atoms with E-state index in [-0.39, 0.29) is 5.91 Å². The van der Waals surface area contributed by atoms with Gasteiger partial charge in [-0.1, -0.05) is 6.07 Å². The maximum Gasteiger partial charge on any atom is 0.224 e. The van der Waals surface area contributed by atoms with Gasteiger partial charge < -0.3 is 5.32 Å². The first-order valence-electron chi connectivity index (χ1n) is 6.75. The molecule has 0 aliphatic carbocycles. The predicted molar refractivity (Wildman–Crippen MR) is 84.5 cm³/mol. The summed E-state index contributed by atoms with van der Waals surface area (Å²) in [7, 11) is 0. The summed E-state index contributed by atoms with van der Waals surface area (Å²) >= 11 is 1.68. The fourth-order valence-corrected chi connectivity index (χ4v) is 3.01. The van der Waals surface area contributed by atoms with Crippen molar-refractivity contribution in [3.8, 4) is 0 Å². The summed E-state index contributed by atoms with van der Waals surface area (Å²) in [4.78, 5) is 17.6. The van der Waals surface area contributed by atoms with Gasteiger partial charge in [0.25, 0.3) is 0 Å². The third-order valence-electron chi connectivity index (χ3n) is 3.37. The number of anilines is 1. The third-order valence-corrected chi connectivity index (χ3v) is 4.50. The minimum absolute atomic E-state index is 0.0544. The van der Waals surface area contributed by atoms with Crippen molar-refractivity contribution >= 4 is 22.9 Å². The number of hydrogen-bond donors (Lipinski definition) is 1. The lowest BCUT2D eigenvalue weighted by Crippen LogP contribution is -2.12. The predicted octanol–water partition coefficient (Wildman–Crippen LogP) is 3.95. The third kappa shape index (κ3) is 3.67.